The van der Waals surface area contributed by atoms with Gasteiger partial charge in [-0.05, 0) is 62.4 Å². The molecule has 1 heterocycles. The van der Waals surface area contributed by atoms with Crippen LogP contribution in [0.4, 0.5) is 11.4 Å². The summed E-state index contributed by atoms with van der Waals surface area (Å²) in [6.45, 7) is 7.41. The molecule has 0 bridgehead atoms. The van der Waals surface area contributed by atoms with Crippen molar-refractivity contribution in [3.05, 3.63) is 81.3 Å². The highest BCUT2D eigenvalue weighted by molar-refractivity contribution is 7.86. The van der Waals surface area contributed by atoms with Crippen LogP contribution in [0, 0.1) is 27.7 Å². The van der Waals surface area contributed by atoms with Gasteiger partial charge in [0.2, 0.25) is 0 Å². The maximum Gasteiger partial charge on any atom is 0.299 e. The summed E-state index contributed by atoms with van der Waals surface area (Å²) in [6.07, 6.45) is 0. The summed E-state index contributed by atoms with van der Waals surface area (Å²) in [7, 11) is -4.52. The van der Waals surface area contributed by atoms with E-state index in [0.717, 1.165) is 16.7 Å². The van der Waals surface area contributed by atoms with Gasteiger partial charge in [0.25, 0.3) is 15.7 Å². The molecule has 4 rings (SSSR count). The molecule has 0 unspecified atom stereocenters. The third kappa shape index (κ3) is 3.88. The maximum atomic E-state index is 13.1. The highest BCUT2D eigenvalue weighted by atomic mass is 32.2. The lowest BCUT2D eigenvalue weighted by Crippen LogP contribution is -2.15. The first-order valence-electron chi connectivity index (χ1n) is 9.88. The van der Waals surface area contributed by atoms with E-state index in [-0.39, 0.29) is 16.3 Å². The van der Waals surface area contributed by atoms with Crippen LogP contribution in [0.15, 0.2) is 68.4 Å². The number of aryl methyl sites for hydroxylation is 4. The van der Waals surface area contributed by atoms with Crippen LogP contribution in [-0.4, -0.2) is 22.8 Å². The van der Waals surface area contributed by atoms with E-state index in [9.17, 15) is 17.8 Å². The Morgan fingerprint density at radius 2 is 1.66 bits per heavy atom. The van der Waals surface area contributed by atoms with Gasteiger partial charge in [-0.3, -0.25) is 14.4 Å². The predicted octanol–water partition coefficient (Wildman–Crippen LogP) is 5.21. The minimum absolute atomic E-state index is 0.114. The number of benzene rings is 3. The number of hydrogen-bond acceptors (Lipinski definition) is 5. The maximum absolute atomic E-state index is 13.1. The highest BCUT2D eigenvalue weighted by Gasteiger charge is 2.19. The molecule has 0 aliphatic carbocycles. The highest BCUT2D eigenvalue weighted by Crippen LogP contribution is 2.29. The number of H-pyrrole nitrogens is 1. The quantitative estimate of drug-likeness (QED) is 0.328. The third-order valence-corrected chi connectivity index (χ3v) is 6.24. The topological polar surface area (TPSA) is 117 Å². The lowest BCUT2D eigenvalue weighted by Gasteiger charge is -2.10. The fourth-order valence-corrected chi connectivity index (χ4v) is 4.42. The summed E-state index contributed by atoms with van der Waals surface area (Å²) in [5.74, 6) is 0. The smallest absolute Gasteiger partial charge is 0.293 e. The van der Waals surface area contributed by atoms with Crippen LogP contribution in [0.25, 0.3) is 16.5 Å². The average Bonchev–Trinajstić information content (AvgIpc) is 3.00. The molecule has 32 heavy (non-hydrogen) atoms. The van der Waals surface area contributed by atoms with Crippen LogP contribution in [0.2, 0.25) is 0 Å². The number of rotatable bonds is 4. The fourth-order valence-electron chi connectivity index (χ4n) is 3.69. The van der Waals surface area contributed by atoms with E-state index >= 15 is 0 Å². The molecular weight excluding hydrogens is 428 g/mol. The molecule has 0 radical (unpaired) electrons. The largest absolute Gasteiger partial charge is 0.299 e. The first kappa shape index (κ1) is 21.7. The van der Waals surface area contributed by atoms with E-state index in [4.69, 9.17) is 0 Å². The summed E-state index contributed by atoms with van der Waals surface area (Å²) >= 11 is 0. The minimum Gasteiger partial charge on any atom is -0.293 e. The molecule has 0 amide bonds. The number of hydrogen-bond donors (Lipinski definition) is 2. The van der Waals surface area contributed by atoms with Crippen molar-refractivity contribution in [3.8, 4) is 5.69 Å². The number of azo groups is 1. The Morgan fingerprint density at radius 1 is 0.906 bits per heavy atom. The molecular formula is C23H22N4O4S. The second kappa shape index (κ2) is 7.85. The van der Waals surface area contributed by atoms with Gasteiger partial charge in [-0.2, -0.15) is 13.5 Å². The minimum atomic E-state index is -4.52. The molecule has 0 fully saturated rings. The summed E-state index contributed by atoms with van der Waals surface area (Å²) in [5.41, 5.74) is 3.86. The first-order valence-corrected chi connectivity index (χ1v) is 11.3. The molecule has 0 aliphatic heterocycles. The van der Waals surface area contributed by atoms with Crippen molar-refractivity contribution in [2.24, 2.45) is 10.2 Å². The number of fused-ring (bicyclic) bond motifs is 1. The molecule has 0 saturated carbocycles. The van der Waals surface area contributed by atoms with Crippen molar-refractivity contribution in [3.63, 3.8) is 0 Å². The molecule has 9 heteroatoms. The predicted molar refractivity (Wildman–Crippen MR) is 123 cm³/mol. The van der Waals surface area contributed by atoms with Crippen molar-refractivity contribution in [1.29, 1.82) is 0 Å². The zero-order chi connectivity index (χ0) is 23.2. The van der Waals surface area contributed by atoms with E-state index in [2.05, 4.69) is 15.3 Å². The van der Waals surface area contributed by atoms with Gasteiger partial charge in [0.15, 0.2) is 5.69 Å². The lowest BCUT2D eigenvalue weighted by atomic mass is 10.0. The molecule has 4 aromatic rings. The Kier molecular flexibility index (Phi) is 5.31. The van der Waals surface area contributed by atoms with Crippen LogP contribution in [0.3, 0.4) is 0 Å². The number of nitrogens with one attached hydrogen (secondary N) is 1. The van der Waals surface area contributed by atoms with Crippen LogP contribution >= 0.6 is 0 Å². The molecule has 0 saturated heterocycles. The zero-order valence-electron chi connectivity index (χ0n) is 18.0. The van der Waals surface area contributed by atoms with E-state index in [1.165, 1.54) is 10.7 Å². The Hall–Kier alpha value is -3.56. The van der Waals surface area contributed by atoms with Gasteiger partial charge in [-0.25, -0.2) is 4.68 Å². The normalized spacial score (nSPS) is 12.2. The first-order chi connectivity index (χ1) is 15.1. The molecule has 3 aromatic carbocycles. The van der Waals surface area contributed by atoms with Crippen LogP contribution in [-0.2, 0) is 10.1 Å². The molecule has 0 aliphatic rings. The Labute approximate surface area is 185 Å². The molecule has 8 nitrogen and oxygen atoms in total. The Bertz CT molecular complexity index is 1560. The van der Waals surface area contributed by atoms with Gasteiger partial charge in [0.1, 0.15) is 4.90 Å². The van der Waals surface area contributed by atoms with Gasteiger partial charge in [0.05, 0.1) is 17.1 Å². The summed E-state index contributed by atoms with van der Waals surface area (Å²) in [5, 5.41) is 12.3. The third-order valence-electron chi connectivity index (χ3n) is 5.35. The molecule has 0 spiro atoms. The van der Waals surface area contributed by atoms with Gasteiger partial charge in [-0.1, -0.05) is 35.9 Å². The summed E-state index contributed by atoms with van der Waals surface area (Å²) in [4.78, 5) is 12.8. The molecule has 1 aromatic heterocycles. The summed E-state index contributed by atoms with van der Waals surface area (Å²) < 4.78 is 35.1. The van der Waals surface area contributed by atoms with Crippen LogP contribution in [0.1, 0.15) is 22.4 Å². The number of aromatic amines is 1. The van der Waals surface area contributed by atoms with Crippen molar-refractivity contribution in [2.45, 2.75) is 32.6 Å². The van der Waals surface area contributed by atoms with E-state index in [1.54, 1.807) is 25.1 Å². The number of nitrogens with zero attached hydrogens (tertiary/aromatic N) is 3. The van der Waals surface area contributed by atoms with Crippen molar-refractivity contribution in [1.82, 2.24) is 9.78 Å². The summed E-state index contributed by atoms with van der Waals surface area (Å²) in [6, 6.07) is 13.8. The zero-order valence-corrected chi connectivity index (χ0v) is 18.9. The lowest BCUT2D eigenvalue weighted by molar-refractivity contribution is 0.484. The van der Waals surface area contributed by atoms with E-state index in [0.29, 0.717) is 22.2 Å². The second-order valence-electron chi connectivity index (χ2n) is 7.80. The van der Waals surface area contributed by atoms with Crippen molar-refractivity contribution in [2.75, 3.05) is 0 Å². The van der Waals surface area contributed by atoms with Gasteiger partial charge < -0.3 is 0 Å². The molecule has 0 atom stereocenters. The Morgan fingerprint density at radius 3 is 2.34 bits per heavy atom. The van der Waals surface area contributed by atoms with Crippen molar-refractivity contribution >= 4 is 32.3 Å². The van der Waals surface area contributed by atoms with Gasteiger partial charge >= 0.3 is 0 Å². The van der Waals surface area contributed by atoms with Gasteiger partial charge in [-0.15, -0.1) is 5.11 Å². The van der Waals surface area contributed by atoms with E-state index < -0.39 is 15.7 Å². The van der Waals surface area contributed by atoms with Gasteiger partial charge in [0, 0.05) is 5.39 Å². The van der Waals surface area contributed by atoms with Crippen LogP contribution < -0.4 is 5.56 Å². The van der Waals surface area contributed by atoms with Crippen LogP contribution in [0.5, 0.6) is 0 Å². The molecule has 2 N–H and O–H groups in total. The average molecular weight is 451 g/mol. The SMILES string of the molecule is Cc1ccc(N=Nc2c(C)[nH]n(-c3cc(S(=O)(=O)O)c4cccc(C)c4c3)c2=O)c(C)c1. The van der Waals surface area contributed by atoms with E-state index in [1.807, 2.05) is 45.0 Å². The Balaban J connectivity index is 1.88. The molecule has 164 valence electrons. The standard InChI is InChI=1S/C23H22N4O4S/c1-13-8-9-20(15(3)10-13)24-25-22-16(4)26-27(23(22)28)17-11-19-14(2)6-5-7-18(19)21(12-17)32(29,30)31/h5-12,26H,1-4H3,(H,29,30,31). The second-order valence-corrected chi connectivity index (χ2v) is 9.19. The number of aromatic nitrogens is 2. The monoisotopic (exact) mass is 450 g/mol. The fraction of sp³-hybridized carbons (Fsp3) is 0.174. The van der Waals surface area contributed by atoms with Crippen molar-refractivity contribution < 1.29 is 13.0 Å².